The number of imidazole rings is 1. The molecule has 0 aliphatic rings. The van der Waals surface area contributed by atoms with Crippen LogP contribution in [0.2, 0.25) is 0 Å². The lowest BCUT2D eigenvalue weighted by Crippen LogP contribution is -2.18. The van der Waals surface area contributed by atoms with Gasteiger partial charge in [-0.1, -0.05) is 0 Å². The SMILES string of the molecule is NCc1cn(COCC(F)(F)F)cn1. The van der Waals surface area contributed by atoms with Crippen LogP contribution in [0.4, 0.5) is 13.2 Å². The summed E-state index contributed by atoms with van der Waals surface area (Å²) in [6, 6.07) is 0. The Balaban J connectivity index is 2.31. The van der Waals surface area contributed by atoms with Crippen molar-refractivity contribution < 1.29 is 17.9 Å². The fourth-order valence-electron chi connectivity index (χ4n) is 0.849. The van der Waals surface area contributed by atoms with Gasteiger partial charge >= 0.3 is 6.18 Å². The highest BCUT2D eigenvalue weighted by molar-refractivity contribution is 4.94. The molecule has 0 amide bonds. The molecule has 2 N–H and O–H groups in total. The summed E-state index contributed by atoms with van der Waals surface area (Å²) in [7, 11) is 0. The van der Waals surface area contributed by atoms with Gasteiger partial charge in [0, 0.05) is 12.7 Å². The van der Waals surface area contributed by atoms with Crippen LogP contribution in [0.3, 0.4) is 0 Å². The van der Waals surface area contributed by atoms with Crippen LogP contribution in [0.5, 0.6) is 0 Å². The molecule has 1 aromatic rings. The van der Waals surface area contributed by atoms with Crippen LogP contribution in [0.15, 0.2) is 12.5 Å². The zero-order valence-corrected chi connectivity index (χ0v) is 7.29. The van der Waals surface area contributed by atoms with Gasteiger partial charge in [-0.25, -0.2) is 4.98 Å². The highest BCUT2D eigenvalue weighted by Crippen LogP contribution is 2.14. The summed E-state index contributed by atoms with van der Waals surface area (Å²) in [5.74, 6) is 0. The number of hydrogen-bond acceptors (Lipinski definition) is 3. The van der Waals surface area contributed by atoms with Crippen molar-refractivity contribution in [3.8, 4) is 0 Å². The molecule has 0 radical (unpaired) electrons. The Hall–Kier alpha value is -1.08. The second-order valence-electron chi connectivity index (χ2n) is 2.68. The molecule has 7 heteroatoms. The first kappa shape index (κ1) is 11.0. The number of aromatic nitrogens is 2. The van der Waals surface area contributed by atoms with Gasteiger partial charge in [0.25, 0.3) is 0 Å². The third-order valence-corrected chi connectivity index (χ3v) is 1.40. The number of hydrogen-bond donors (Lipinski definition) is 1. The van der Waals surface area contributed by atoms with E-state index in [1.165, 1.54) is 17.1 Å². The summed E-state index contributed by atoms with van der Waals surface area (Å²) in [6.45, 7) is -1.18. The number of nitrogens with zero attached hydrogens (tertiary/aromatic N) is 2. The molecule has 0 aliphatic carbocycles. The monoisotopic (exact) mass is 209 g/mol. The van der Waals surface area contributed by atoms with Gasteiger partial charge in [0.05, 0.1) is 12.0 Å². The van der Waals surface area contributed by atoms with E-state index in [2.05, 4.69) is 9.72 Å². The maximum atomic E-state index is 11.7. The molecule has 1 aromatic heterocycles. The van der Waals surface area contributed by atoms with Gasteiger partial charge in [0.15, 0.2) is 0 Å². The Kier molecular flexibility index (Phi) is 3.48. The molecule has 0 fully saturated rings. The Labute approximate surface area is 78.5 Å². The van der Waals surface area contributed by atoms with Gasteiger partial charge in [0.1, 0.15) is 13.3 Å². The lowest BCUT2D eigenvalue weighted by Gasteiger charge is -2.07. The molecule has 0 atom stereocenters. The van der Waals surface area contributed by atoms with Crippen molar-refractivity contribution in [2.75, 3.05) is 6.61 Å². The lowest BCUT2D eigenvalue weighted by atomic mass is 10.5. The van der Waals surface area contributed by atoms with Crippen molar-refractivity contribution >= 4 is 0 Å². The van der Waals surface area contributed by atoms with Crippen molar-refractivity contribution in [1.82, 2.24) is 9.55 Å². The molecular weight excluding hydrogens is 199 g/mol. The predicted molar refractivity (Wildman–Crippen MR) is 42.1 cm³/mol. The third kappa shape index (κ3) is 3.75. The summed E-state index contributed by atoms with van der Waals surface area (Å²) >= 11 is 0. The first-order valence-electron chi connectivity index (χ1n) is 3.86. The van der Waals surface area contributed by atoms with Crippen LogP contribution in [0.25, 0.3) is 0 Å². The molecule has 1 rings (SSSR count). The molecule has 0 bridgehead atoms. The zero-order valence-electron chi connectivity index (χ0n) is 7.29. The average molecular weight is 209 g/mol. The van der Waals surface area contributed by atoms with E-state index < -0.39 is 12.8 Å². The number of nitrogens with two attached hydrogens (primary N) is 1. The van der Waals surface area contributed by atoms with Crippen LogP contribution in [0, 0.1) is 0 Å². The van der Waals surface area contributed by atoms with Gasteiger partial charge in [-0.15, -0.1) is 0 Å². The fraction of sp³-hybridized carbons (Fsp3) is 0.571. The molecule has 1 heterocycles. The van der Waals surface area contributed by atoms with E-state index in [0.717, 1.165) is 0 Å². The molecule has 0 aliphatic heterocycles. The van der Waals surface area contributed by atoms with E-state index in [1.54, 1.807) is 0 Å². The maximum absolute atomic E-state index is 11.7. The first-order valence-corrected chi connectivity index (χ1v) is 3.86. The minimum Gasteiger partial charge on any atom is -0.351 e. The van der Waals surface area contributed by atoms with E-state index in [1.807, 2.05) is 0 Å². The second kappa shape index (κ2) is 4.43. The topological polar surface area (TPSA) is 53.1 Å². The standard InChI is InChI=1S/C7H10F3N3O/c8-7(9,10)3-14-5-13-2-6(1-11)12-4-13/h2,4H,1,3,5,11H2. The molecule has 0 spiro atoms. The Bertz CT molecular complexity index is 284. The summed E-state index contributed by atoms with van der Waals surface area (Å²) in [6.07, 6.45) is -1.38. The minimum atomic E-state index is -4.29. The van der Waals surface area contributed by atoms with Crippen LogP contribution in [0.1, 0.15) is 5.69 Å². The van der Waals surface area contributed by atoms with E-state index in [9.17, 15) is 13.2 Å². The molecule has 0 saturated heterocycles. The first-order chi connectivity index (χ1) is 6.51. The quantitative estimate of drug-likeness (QED) is 0.800. The van der Waals surface area contributed by atoms with Gasteiger partial charge in [-0.3, -0.25) is 0 Å². The Morgan fingerprint density at radius 2 is 2.21 bits per heavy atom. The summed E-state index contributed by atoms with van der Waals surface area (Å²) in [5.41, 5.74) is 5.88. The molecule has 4 nitrogen and oxygen atoms in total. The third-order valence-electron chi connectivity index (χ3n) is 1.40. The maximum Gasteiger partial charge on any atom is 0.411 e. The highest BCUT2D eigenvalue weighted by atomic mass is 19.4. The van der Waals surface area contributed by atoms with Crippen molar-refractivity contribution in [2.24, 2.45) is 5.73 Å². The number of alkyl halides is 3. The van der Waals surface area contributed by atoms with E-state index in [0.29, 0.717) is 5.69 Å². The predicted octanol–water partition coefficient (Wildman–Crippen LogP) is 0.878. The fourth-order valence-corrected chi connectivity index (χ4v) is 0.849. The number of rotatable bonds is 4. The van der Waals surface area contributed by atoms with Crippen LogP contribution >= 0.6 is 0 Å². The number of ether oxygens (including phenoxy) is 1. The zero-order chi connectivity index (χ0) is 10.6. The van der Waals surface area contributed by atoms with Crippen LogP contribution in [-0.2, 0) is 18.0 Å². The van der Waals surface area contributed by atoms with Crippen LogP contribution in [-0.4, -0.2) is 22.3 Å². The van der Waals surface area contributed by atoms with Crippen molar-refractivity contribution in [3.63, 3.8) is 0 Å². The molecule has 80 valence electrons. The average Bonchev–Trinajstić information content (AvgIpc) is 2.50. The van der Waals surface area contributed by atoms with Gasteiger partial charge < -0.3 is 15.0 Å². The molecule has 14 heavy (non-hydrogen) atoms. The second-order valence-corrected chi connectivity index (χ2v) is 2.68. The summed E-state index contributed by atoms with van der Waals surface area (Å²) in [4.78, 5) is 3.83. The van der Waals surface area contributed by atoms with E-state index in [4.69, 9.17) is 5.73 Å². The van der Waals surface area contributed by atoms with E-state index >= 15 is 0 Å². The number of halogens is 3. The largest absolute Gasteiger partial charge is 0.411 e. The van der Waals surface area contributed by atoms with Crippen molar-refractivity contribution in [2.45, 2.75) is 19.5 Å². The van der Waals surface area contributed by atoms with Crippen molar-refractivity contribution in [3.05, 3.63) is 18.2 Å². The van der Waals surface area contributed by atoms with Gasteiger partial charge in [-0.05, 0) is 0 Å². The van der Waals surface area contributed by atoms with Crippen LogP contribution < -0.4 is 5.73 Å². The minimum absolute atomic E-state index is 0.174. The smallest absolute Gasteiger partial charge is 0.351 e. The lowest BCUT2D eigenvalue weighted by molar-refractivity contribution is -0.181. The molecule has 0 unspecified atom stereocenters. The van der Waals surface area contributed by atoms with Gasteiger partial charge in [-0.2, -0.15) is 13.2 Å². The summed E-state index contributed by atoms with van der Waals surface area (Å²) in [5, 5.41) is 0. The highest BCUT2D eigenvalue weighted by Gasteiger charge is 2.27. The normalized spacial score (nSPS) is 12.0. The Morgan fingerprint density at radius 3 is 2.71 bits per heavy atom. The molecular formula is C7H10F3N3O. The molecule has 0 saturated carbocycles. The van der Waals surface area contributed by atoms with E-state index in [-0.39, 0.29) is 13.3 Å². The summed E-state index contributed by atoms with van der Waals surface area (Å²) < 4.78 is 40.8. The Morgan fingerprint density at radius 1 is 1.50 bits per heavy atom. The molecule has 0 aromatic carbocycles. The van der Waals surface area contributed by atoms with Gasteiger partial charge in [0.2, 0.25) is 0 Å². The van der Waals surface area contributed by atoms with Crippen molar-refractivity contribution in [1.29, 1.82) is 0 Å².